The maximum Gasteiger partial charge on any atom is 0.407 e. The Hall–Kier alpha value is -1.82. The Morgan fingerprint density at radius 3 is 2.55 bits per heavy atom. The standard InChI is InChI=1S/C16H25FN2O3/c1-10(9-18-15(21)22-16(3,4)5)19-11(2)13-7-6-12(20)8-14(13)17/h6-8,10-11,19-20H,9H2,1-5H3,(H,18,21). The molecule has 1 amide bonds. The van der Waals surface area contributed by atoms with Crippen molar-refractivity contribution in [3.05, 3.63) is 29.6 Å². The number of benzene rings is 1. The van der Waals surface area contributed by atoms with Crippen LogP contribution < -0.4 is 10.6 Å². The largest absolute Gasteiger partial charge is 0.508 e. The molecule has 0 bridgehead atoms. The maximum absolute atomic E-state index is 13.8. The third-order valence-electron chi connectivity index (χ3n) is 2.94. The lowest BCUT2D eigenvalue weighted by atomic mass is 10.1. The third kappa shape index (κ3) is 6.30. The van der Waals surface area contributed by atoms with Crippen LogP contribution in [0.5, 0.6) is 5.75 Å². The van der Waals surface area contributed by atoms with Crippen LogP contribution in [0.2, 0.25) is 0 Å². The lowest BCUT2D eigenvalue weighted by Gasteiger charge is -2.23. The van der Waals surface area contributed by atoms with Crippen molar-refractivity contribution in [2.75, 3.05) is 6.54 Å². The van der Waals surface area contributed by atoms with E-state index in [0.29, 0.717) is 12.1 Å². The lowest BCUT2D eigenvalue weighted by Crippen LogP contribution is -2.42. The Morgan fingerprint density at radius 2 is 2.00 bits per heavy atom. The first-order valence-electron chi connectivity index (χ1n) is 7.30. The van der Waals surface area contributed by atoms with Gasteiger partial charge in [-0.3, -0.25) is 0 Å². The number of amides is 1. The van der Waals surface area contributed by atoms with Crippen molar-refractivity contribution in [2.45, 2.75) is 52.3 Å². The summed E-state index contributed by atoms with van der Waals surface area (Å²) in [5.74, 6) is -0.569. The van der Waals surface area contributed by atoms with E-state index < -0.39 is 17.5 Å². The summed E-state index contributed by atoms with van der Waals surface area (Å²) >= 11 is 0. The predicted octanol–water partition coefficient (Wildman–Crippen LogP) is 3.10. The molecule has 0 aliphatic heterocycles. The average molecular weight is 312 g/mol. The van der Waals surface area contributed by atoms with Gasteiger partial charge in [0, 0.05) is 30.3 Å². The van der Waals surface area contributed by atoms with Crippen LogP contribution in [-0.2, 0) is 4.74 Å². The quantitative estimate of drug-likeness (QED) is 0.781. The summed E-state index contributed by atoms with van der Waals surface area (Å²) in [5, 5.41) is 15.1. The van der Waals surface area contributed by atoms with Crippen LogP contribution in [0.25, 0.3) is 0 Å². The van der Waals surface area contributed by atoms with Gasteiger partial charge in [0.05, 0.1) is 0 Å². The molecule has 2 unspecified atom stereocenters. The predicted molar refractivity (Wildman–Crippen MR) is 83.3 cm³/mol. The minimum absolute atomic E-state index is 0.0734. The van der Waals surface area contributed by atoms with E-state index >= 15 is 0 Å². The first-order chi connectivity index (χ1) is 10.1. The van der Waals surface area contributed by atoms with E-state index in [2.05, 4.69) is 10.6 Å². The Labute approximate surface area is 130 Å². The van der Waals surface area contributed by atoms with Gasteiger partial charge in [-0.15, -0.1) is 0 Å². The van der Waals surface area contributed by atoms with E-state index in [0.717, 1.165) is 6.07 Å². The Bertz CT molecular complexity index is 515. The van der Waals surface area contributed by atoms with E-state index in [9.17, 15) is 14.3 Å². The van der Waals surface area contributed by atoms with Gasteiger partial charge in [-0.25, -0.2) is 9.18 Å². The summed E-state index contributed by atoms with van der Waals surface area (Å²) in [7, 11) is 0. The second kappa shape index (κ2) is 7.45. The van der Waals surface area contributed by atoms with Crippen LogP contribution in [0.3, 0.4) is 0 Å². The first-order valence-corrected chi connectivity index (χ1v) is 7.30. The highest BCUT2D eigenvalue weighted by atomic mass is 19.1. The van der Waals surface area contributed by atoms with Crippen molar-refractivity contribution < 1.29 is 19.0 Å². The second-order valence-corrected chi connectivity index (χ2v) is 6.38. The lowest BCUT2D eigenvalue weighted by molar-refractivity contribution is 0.0522. The monoisotopic (exact) mass is 312 g/mol. The number of carbonyl (C=O) groups excluding carboxylic acids is 1. The van der Waals surface area contributed by atoms with Gasteiger partial charge in [0.25, 0.3) is 0 Å². The maximum atomic E-state index is 13.8. The molecule has 6 heteroatoms. The van der Waals surface area contributed by atoms with Crippen molar-refractivity contribution in [2.24, 2.45) is 0 Å². The topological polar surface area (TPSA) is 70.6 Å². The van der Waals surface area contributed by atoms with Gasteiger partial charge >= 0.3 is 6.09 Å². The molecule has 0 saturated carbocycles. The number of ether oxygens (including phenoxy) is 1. The molecule has 5 nitrogen and oxygen atoms in total. The highest BCUT2D eigenvalue weighted by Crippen LogP contribution is 2.21. The zero-order valence-electron chi connectivity index (χ0n) is 13.7. The number of phenolic OH excluding ortho intramolecular Hbond substituents is 1. The van der Waals surface area contributed by atoms with Crippen LogP contribution >= 0.6 is 0 Å². The first kappa shape index (κ1) is 18.2. The summed E-state index contributed by atoms with van der Waals surface area (Å²) in [5.41, 5.74) is -0.0784. The molecule has 2 atom stereocenters. The van der Waals surface area contributed by atoms with E-state index in [1.54, 1.807) is 20.8 Å². The molecule has 1 rings (SSSR count). The number of phenols is 1. The van der Waals surface area contributed by atoms with Crippen molar-refractivity contribution >= 4 is 6.09 Å². The van der Waals surface area contributed by atoms with E-state index in [1.807, 2.05) is 13.8 Å². The van der Waals surface area contributed by atoms with E-state index in [4.69, 9.17) is 4.74 Å². The molecular weight excluding hydrogens is 287 g/mol. The highest BCUT2D eigenvalue weighted by Gasteiger charge is 2.18. The zero-order chi connectivity index (χ0) is 16.9. The van der Waals surface area contributed by atoms with Crippen molar-refractivity contribution in [1.29, 1.82) is 0 Å². The summed E-state index contributed by atoms with van der Waals surface area (Å²) in [6, 6.07) is 3.74. The minimum Gasteiger partial charge on any atom is -0.508 e. The summed E-state index contributed by atoms with van der Waals surface area (Å²) < 4.78 is 18.9. The number of carbonyl (C=O) groups is 1. The van der Waals surface area contributed by atoms with Crippen LogP contribution in [0.4, 0.5) is 9.18 Å². The van der Waals surface area contributed by atoms with Crippen molar-refractivity contribution in [3.63, 3.8) is 0 Å². The van der Waals surface area contributed by atoms with Gasteiger partial charge in [-0.1, -0.05) is 6.07 Å². The number of alkyl carbamates (subject to hydrolysis) is 1. The molecule has 0 fully saturated rings. The number of hydrogen-bond acceptors (Lipinski definition) is 4. The number of aromatic hydroxyl groups is 1. The van der Waals surface area contributed by atoms with Crippen LogP contribution in [0.1, 0.15) is 46.2 Å². The average Bonchev–Trinajstić information content (AvgIpc) is 2.34. The highest BCUT2D eigenvalue weighted by molar-refractivity contribution is 5.67. The second-order valence-electron chi connectivity index (χ2n) is 6.38. The molecule has 0 radical (unpaired) electrons. The smallest absolute Gasteiger partial charge is 0.407 e. The Morgan fingerprint density at radius 1 is 1.36 bits per heavy atom. The summed E-state index contributed by atoms with van der Waals surface area (Å²) in [6.45, 7) is 9.45. The SMILES string of the molecule is CC(CNC(=O)OC(C)(C)C)NC(C)c1ccc(O)cc1F. The van der Waals surface area contributed by atoms with Crippen molar-refractivity contribution in [3.8, 4) is 5.75 Å². The molecule has 1 aromatic carbocycles. The van der Waals surface area contributed by atoms with Gasteiger partial charge in [0.15, 0.2) is 0 Å². The fourth-order valence-corrected chi connectivity index (χ4v) is 1.99. The van der Waals surface area contributed by atoms with Gasteiger partial charge in [-0.05, 0) is 40.7 Å². The molecule has 0 heterocycles. The fraction of sp³-hybridized carbons (Fsp3) is 0.562. The zero-order valence-corrected chi connectivity index (χ0v) is 13.7. The molecule has 0 aliphatic carbocycles. The van der Waals surface area contributed by atoms with E-state index in [1.165, 1.54) is 12.1 Å². The summed E-state index contributed by atoms with van der Waals surface area (Å²) in [4.78, 5) is 11.6. The van der Waals surface area contributed by atoms with Crippen LogP contribution in [-0.4, -0.2) is 29.4 Å². The van der Waals surface area contributed by atoms with Gasteiger partial charge in [0.1, 0.15) is 17.2 Å². The molecule has 124 valence electrons. The third-order valence-corrected chi connectivity index (χ3v) is 2.94. The minimum atomic E-state index is -0.538. The molecule has 0 aliphatic rings. The Kier molecular flexibility index (Phi) is 6.17. The summed E-state index contributed by atoms with van der Waals surface area (Å²) in [6.07, 6.45) is -0.482. The molecule has 22 heavy (non-hydrogen) atoms. The van der Waals surface area contributed by atoms with Crippen molar-refractivity contribution in [1.82, 2.24) is 10.6 Å². The van der Waals surface area contributed by atoms with Crippen LogP contribution in [0, 0.1) is 5.82 Å². The van der Waals surface area contributed by atoms with Gasteiger partial charge in [0.2, 0.25) is 0 Å². The molecule has 0 aromatic heterocycles. The van der Waals surface area contributed by atoms with Crippen LogP contribution in [0.15, 0.2) is 18.2 Å². The fourth-order valence-electron chi connectivity index (χ4n) is 1.99. The number of rotatable bonds is 5. The molecule has 1 aromatic rings. The van der Waals surface area contributed by atoms with Gasteiger partial charge < -0.3 is 20.5 Å². The molecule has 3 N–H and O–H groups in total. The number of nitrogens with one attached hydrogen (secondary N) is 2. The molecule has 0 saturated heterocycles. The number of halogens is 1. The van der Waals surface area contributed by atoms with Gasteiger partial charge in [-0.2, -0.15) is 0 Å². The molecular formula is C16H25FN2O3. The normalized spacial score (nSPS) is 14.3. The molecule has 0 spiro atoms. The Balaban J connectivity index is 2.47. The number of hydrogen-bond donors (Lipinski definition) is 3. The van der Waals surface area contributed by atoms with E-state index in [-0.39, 0.29) is 17.8 Å².